The molecule has 0 bridgehead atoms. The topological polar surface area (TPSA) is 240 Å². The van der Waals surface area contributed by atoms with E-state index in [9.17, 15) is 53.4 Å². The number of hydrogen-bond donors (Lipinski definition) is 2. The van der Waals surface area contributed by atoms with Gasteiger partial charge in [0.15, 0.2) is 28.9 Å². The molecular formula is C125H168O16. The lowest BCUT2D eigenvalue weighted by molar-refractivity contribution is -0.229. The van der Waals surface area contributed by atoms with Gasteiger partial charge in [0.2, 0.25) is 0 Å². The van der Waals surface area contributed by atoms with Crippen LogP contribution in [0.3, 0.4) is 0 Å². The lowest BCUT2D eigenvalue weighted by Gasteiger charge is -2.61. The highest BCUT2D eigenvalue weighted by atomic mass is 16.7. The SMILES string of the molecule is C[C@]12CC=C3[C@@H](CC[C@@H]4CC(=O)CC[C@]34C)[C@@H]1CCC21OCCO1.C[C@]12CCC(=O)C=C1CC[C@@H]1C2=CC[C@@]2(C)[C@H]1CCC21OCCO1.C[C@]12CCC(=O)C=C1CC[C@@H]1C2=CC[C@]2(C)C(=O)CC[C@@H]12.C[C@]12CCC(=O)C=C1CC[C@H]1[C@@H]3CCC(=O)[C@@]3(C)CC[C@@]12O.C[C@]12CC[C@@H](O)C[C@H]1CC[C@@H]1C2=CC[C@]2(C)C(=O)CC[C@@H]12.C[C@]12CC[C@@H](OC(=O)c3ccccc3)C[C@H]1CC[C@@H]1C2=CC[C@]2(C)C(=O)CC[C@@H]12. The van der Waals surface area contributed by atoms with Crippen LogP contribution < -0.4 is 0 Å². The van der Waals surface area contributed by atoms with Crippen LogP contribution in [-0.4, -0.2) is 118 Å². The van der Waals surface area contributed by atoms with Crippen molar-refractivity contribution in [2.75, 3.05) is 26.4 Å². The minimum atomic E-state index is -0.730. The Kier molecular flexibility index (Phi) is 25.2. The molecule has 2 spiro atoms. The van der Waals surface area contributed by atoms with Gasteiger partial charge in [0, 0.05) is 119 Å². The van der Waals surface area contributed by atoms with E-state index in [2.05, 4.69) is 113 Å². The maximum absolute atomic E-state index is 12.6. The number of Topliss-reactive ketones (excluding diaryl/α,β-unsaturated/α-hetero) is 5. The predicted molar refractivity (Wildman–Crippen MR) is 543 cm³/mol. The van der Waals surface area contributed by atoms with Gasteiger partial charge < -0.3 is 33.9 Å². The van der Waals surface area contributed by atoms with Crippen LogP contribution in [0.15, 0.2) is 124 Å². The Balaban J connectivity index is 0.0000000974. The number of esters is 1. The summed E-state index contributed by atoms with van der Waals surface area (Å²) >= 11 is 0. The van der Waals surface area contributed by atoms with Gasteiger partial charge in [0.05, 0.1) is 43.7 Å². The number of carbonyl (C=O) groups excluding carboxylic acids is 9. The quantitative estimate of drug-likeness (QED) is 0.207. The Hall–Kier alpha value is -6.27. The summed E-state index contributed by atoms with van der Waals surface area (Å²) in [4.78, 5) is 110. The maximum atomic E-state index is 12.6. The summed E-state index contributed by atoms with van der Waals surface area (Å²) in [6.45, 7) is 30.8. The van der Waals surface area contributed by atoms with E-state index in [1.807, 2.05) is 48.6 Å². The first kappa shape index (κ1) is 99.4. The summed E-state index contributed by atoms with van der Waals surface area (Å²) in [7, 11) is 0. The maximum Gasteiger partial charge on any atom is 0.338 e. The average molecular weight is 1930 g/mol. The van der Waals surface area contributed by atoms with E-state index in [1.165, 1.54) is 68.9 Å². The molecule has 16 saturated carbocycles. The highest BCUT2D eigenvalue weighted by molar-refractivity contribution is 5.94. The van der Waals surface area contributed by atoms with Crippen LogP contribution in [0.25, 0.3) is 0 Å². The molecule has 0 aromatic heterocycles. The third-order valence-electron chi connectivity index (χ3n) is 48.4. The number of ether oxygens (including phenoxy) is 5. The molecule has 2 saturated heterocycles. The molecule has 0 amide bonds. The largest absolute Gasteiger partial charge is 0.459 e. The van der Waals surface area contributed by atoms with Crippen LogP contribution in [0.5, 0.6) is 0 Å². The molecule has 2 heterocycles. The summed E-state index contributed by atoms with van der Waals surface area (Å²) in [5.41, 5.74) is 12.5. The molecule has 24 aliphatic carbocycles. The molecule has 26 aliphatic rings. The lowest BCUT2D eigenvalue weighted by atomic mass is 9.45. The molecule has 0 radical (unpaired) electrons. The molecule has 30 atom stereocenters. The van der Waals surface area contributed by atoms with Crippen molar-refractivity contribution >= 4 is 52.2 Å². The molecule has 16 heteroatoms. The standard InChI is InChI=1S/C26H32O3.C21H30O3.C21H28O3.C19H26O3.C19H28O2.C19H24O2/c1-25-14-12-19(29-24(28)17-6-4-3-5-7-17)16-18(25)8-9-20-21-10-11-23(27)26(21,2)15-13-22(20)25;2*1-19-8-5-15(22)13-14(19)3-4-16-17(19)6-9-20(2)18(16)7-10-21(20)23-11-12-24-21;1-17-9-10-19(22)15(14(17)5-6-16(17)21)4-3-12-11-13(20)7-8-18(12,19)2;2*1-18-9-7-13(20)11-12(18)3-4-14-15-5-6-17(21)19(15,2)10-8-16(14)18/h3-7,13,18-21H,8-12,14-16H2,1-2H3;6,14,16,18H,3-5,7-13H2,1-2H3;6,13,16,18H,3-5,7-12H2,1-2H3;11,14-15,22H,3-10H2,1-2H3;8,12-15,20H,3-7,9-11H2,1-2H3;8,11,14-15H,3-7,9-10H2,1-2H3/t18-,19-,20+,21+,25+,26+;14-,16-,18+,19+,20+;16-,18+,19+,20+;14-,15-,17-,18-,19+;12-,13-,14+,15+,18+,19+;14-,15-,18-,19-/m111010/s1. The summed E-state index contributed by atoms with van der Waals surface area (Å²) in [6, 6.07) is 9.34. The van der Waals surface area contributed by atoms with E-state index in [0.717, 1.165) is 237 Å². The van der Waals surface area contributed by atoms with Crippen molar-refractivity contribution in [2.24, 2.45) is 154 Å². The fourth-order valence-corrected chi connectivity index (χ4v) is 39.3. The first-order valence-electron chi connectivity index (χ1n) is 57.2. The van der Waals surface area contributed by atoms with Crippen molar-refractivity contribution in [3.8, 4) is 0 Å². The van der Waals surface area contributed by atoms with Crippen LogP contribution in [0, 0.1) is 154 Å². The number of ketones is 8. The van der Waals surface area contributed by atoms with Crippen molar-refractivity contribution in [1.82, 2.24) is 0 Å². The number of aliphatic hydroxyl groups is 2. The van der Waals surface area contributed by atoms with E-state index < -0.39 is 5.60 Å². The van der Waals surface area contributed by atoms with Crippen molar-refractivity contribution in [3.63, 3.8) is 0 Å². The normalized spacial score (nSPS) is 47.3. The van der Waals surface area contributed by atoms with E-state index in [0.29, 0.717) is 166 Å². The number of aliphatic hydroxyl groups excluding tert-OH is 1. The van der Waals surface area contributed by atoms with Gasteiger partial charge in [0.25, 0.3) is 0 Å². The van der Waals surface area contributed by atoms with Crippen molar-refractivity contribution in [1.29, 1.82) is 0 Å². The number of carbonyl (C=O) groups is 9. The Morgan fingerprint density at radius 1 is 0.333 bits per heavy atom. The molecule has 0 unspecified atom stereocenters. The van der Waals surface area contributed by atoms with E-state index in [4.69, 9.17) is 23.7 Å². The van der Waals surface area contributed by atoms with Gasteiger partial charge in [-0.2, -0.15) is 0 Å². The molecule has 27 rings (SSSR count). The zero-order chi connectivity index (χ0) is 98.8. The highest BCUT2D eigenvalue weighted by Crippen LogP contribution is 2.74. The van der Waals surface area contributed by atoms with Gasteiger partial charge >= 0.3 is 5.97 Å². The Morgan fingerprint density at radius 3 is 1.26 bits per heavy atom. The van der Waals surface area contributed by atoms with Crippen LogP contribution in [0.1, 0.15) is 389 Å². The molecule has 2 aliphatic heterocycles. The van der Waals surface area contributed by atoms with Gasteiger partial charge in [0.1, 0.15) is 35.0 Å². The van der Waals surface area contributed by atoms with Crippen LogP contribution in [0.2, 0.25) is 0 Å². The Labute approximate surface area is 841 Å². The number of rotatable bonds is 2. The number of fused-ring (bicyclic) bond motifs is 32. The van der Waals surface area contributed by atoms with Gasteiger partial charge in [-0.05, 0) is 360 Å². The van der Waals surface area contributed by atoms with Crippen molar-refractivity contribution in [2.45, 2.75) is 408 Å². The average Bonchev–Trinajstić information content (AvgIpc) is 1.69. The molecule has 2 N–H and O–H groups in total. The number of benzene rings is 1. The van der Waals surface area contributed by atoms with Crippen LogP contribution >= 0.6 is 0 Å². The minimum Gasteiger partial charge on any atom is -0.459 e. The fourth-order valence-electron chi connectivity index (χ4n) is 39.3. The Morgan fingerprint density at radius 2 is 0.738 bits per heavy atom. The lowest BCUT2D eigenvalue weighted by Crippen LogP contribution is -2.63. The summed E-state index contributed by atoms with van der Waals surface area (Å²) < 4.78 is 30.7. The van der Waals surface area contributed by atoms with Gasteiger partial charge in [-0.1, -0.05) is 176 Å². The molecule has 18 fully saturated rings. The first-order valence-corrected chi connectivity index (χ1v) is 57.2. The monoisotopic (exact) mass is 1930 g/mol. The molecular weight excluding hydrogens is 1760 g/mol. The summed E-state index contributed by atoms with van der Waals surface area (Å²) in [5, 5.41) is 21.7. The zero-order valence-corrected chi connectivity index (χ0v) is 87.8. The second-order valence-corrected chi connectivity index (χ2v) is 53.8. The molecule has 141 heavy (non-hydrogen) atoms. The fraction of sp³-hybridized carbons (Fsp3) is 0.752. The second-order valence-electron chi connectivity index (χ2n) is 53.8. The zero-order valence-electron chi connectivity index (χ0n) is 87.8. The predicted octanol–water partition coefficient (Wildman–Crippen LogP) is 25.3. The number of hydrogen-bond acceptors (Lipinski definition) is 16. The van der Waals surface area contributed by atoms with E-state index in [1.54, 1.807) is 27.9 Å². The first-order chi connectivity index (χ1) is 67.1. The van der Waals surface area contributed by atoms with Crippen LogP contribution in [0.4, 0.5) is 0 Å². The third kappa shape index (κ3) is 15.3. The van der Waals surface area contributed by atoms with Crippen molar-refractivity contribution < 1.29 is 77.0 Å². The van der Waals surface area contributed by atoms with E-state index in [-0.39, 0.29) is 101 Å². The second kappa shape index (κ2) is 35.7. The highest BCUT2D eigenvalue weighted by Gasteiger charge is 2.71. The van der Waals surface area contributed by atoms with Gasteiger partial charge in [-0.15, -0.1) is 0 Å². The summed E-state index contributed by atoms with van der Waals surface area (Å²) in [6.07, 6.45) is 63.4. The van der Waals surface area contributed by atoms with E-state index >= 15 is 0 Å². The molecule has 764 valence electrons. The molecule has 16 nitrogen and oxygen atoms in total. The van der Waals surface area contributed by atoms with Gasteiger partial charge in [-0.25, -0.2) is 4.79 Å². The smallest absolute Gasteiger partial charge is 0.338 e. The Bertz CT molecular complexity index is 5520. The number of allylic oxidation sites excluding steroid dienone is 14. The minimum absolute atomic E-state index is 0.0276. The van der Waals surface area contributed by atoms with Crippen molar-refractivity contribution in [3.05, 3.63) is 129 Å². The molecule has 1 aromatic carbocycles. The van der Waals surface area contributed by atoms with Gasteiger partial charge in [-0.3, -0.25) is 38.4 Å². The summed E-state index contributed by atoms with van der Waals surface area (Å²) in [5.74, 6) is 10.9. The molecule has 1 aromatic rings. The van der Waals surface area contributed by atoms with Crippen LogP contribution in [-0.2, 0) is 62.0 Å². The third-order valence-corrected chi connectivity index (χ3v) is 48.4.